The highest BCUT2D eigenvalue weighted by molar-refractivity contribution is 7.98. The third kappa shape index (κ3) is 3.53. The van der Waals surface area contributed by atoms with E-state index in [4.69, 9.17) is 5.11 Å². The lowest BCUT2D eigenvalue weighted by atomic mass is 10.1. The molecule has 0 amide bonds. The van der Waals surface area contributed by atoms with Crippen LogP contribution in [0.4, 0.5) is 0 Å². The molecule has 102 valence electrons. The summed E-state index contributed by atoms with van der Waals surface area (Å²) in [4.78, 5) is 10.6. The zero-order chi connectivity index (χ0) is 13.7. The third-order valence-electron chi connectivity index (χ3n) is 3.24. The number of aryl methyl sites for hydroxylation is 2. The topological polar surface area (TPSA) is 42.2 Å². The Morgan fingerprint density at radius 1 is 1.37 bits per heavy atom. The first kappa shape index (κ1) is 14.0. The van der Waals surface area contributed by atoms with Crippen LogP contribution in [0.3, 0.4) is 0 Å². The molecule has 0 aliphatic carbocycles. The van der Waals surface area contributed by atoms with Gasteiger partial charge in [0.05, 0.1) is 0 Å². The molecular formula is C15H19NO2S. The number of para-hydroxylation sites is 1. The lowest BCUT2D eigenvalue weighted by Gasteiger charge is -2.02. The van der Waals surface area contributed by atoms with Gasteiger partial charge in [0.1, 0.15) is 0 Å². The summed E-state index contributed by atoms with van der Waals surface area (Å²) in [6, 6.07) is 8.36. The van der Waals surface area contributed by atoms with E-state index < -0.39 is 5.97 Å². The van der Waals surface area contributed by atoms with E-state index in [-0.39, 0.29) is 6.42 Å². The summed E-state index contributed by atoms with van der Waals surface area (Å²) >= 11 is 1.84. The van der Waals surface area contributed by atoms with Gasteiger partial charge in [0.2, 0.25) is 0 Å². The van der Waals surface area contributed by atoms with Crippen LogP contribution in [0.1, 0.15) is 18.4 Å². The highest BCUT2D eigenvalue weighted by Gasteiger charge is 2.08. The maximum absolute atomic E-state index is 10.6. The number of rotatable bonds is 7. The van der Waals surface area contributed by atoms with Crippen molar-refractivity contribution in [2.24, 2.45) is 0 Å². The van der Waals surface area contributed by atoms with Gasteiger partial charge in [0, 0.05) is 35.8 Å². The first-order valence-corrected chi connectivity index (χ1v) is 7.89. The zero-order valence-electron chi connectivity index (χ0n) is 11.1. The average Bonchev–Trinajstić information content (AvgIpc) is 2.75. The Balaban J connectivity index is 2.20. The Labute approximate surface area is 117 Å². The molecule has 3 nitrogen and oxygen atoms in total. The van der Waals surface area contributed by atoms with Crippen molar-refractivity contribution in [3.05, 3.63) is 36.0 Å². The Morgan fingerprint density at radius 2 is 2.16 bits per heavy atom. The second-order valence-electron chi connectivity index (χ2n) is 4.60. The maximum Gasteiger partial charge on any atom is 0.303 e. The fourth-order valence-electron chi connectivity index (χ4n) is 2.33. The van der Waals surface area contributed by atoms with Crippen LogP contribution in [0.25, 0.3) is 10.9 Å². The number of fused-ring (bicyclic) bond motifs is 1. The van der Waals surface area contributed by atoms with Crippen LogP contribution in [-0.2, 0) is 17.8 Å². The standard InChI is InChI=1S/C15H19NO2S/c1-19-10-9-16-11-12(5-4-8-15(17)18)13-6-2-3-7-14(13)16/h2-3,6-7,11H,4-5,8-10H2,1H3,(H,17,18). The predicted octanol–water partition coefficient (Wildman–Crippen LogP) is 3.41. The number of hydrogen-bond acceptors (Lipinski definition) is 2. The molecule has 0 saturated heterocycles. The van der Waals surface area contributed by atoms with E-state index in [1.165, 1.54) is 16.5 Å². The highest BCUT2D eigenvalue weighted by Crippen LogP contribution is 2.23. The average molecular weight is 277 g/mol. The van der Waals surface area contributed by atoms with E-state index in [0.717, 1.165) is 18.7 Å². The Bertz CT molecular complexity index is 562. The van der Waals surface area contributed by atoms with Crippen LogP contribution >= 0.6 is 11.8 Å². The molecule has 1 heterocycles. The first-order chi connectivity index (χ1) is 9.22. The molecule has 0 saturated carbocycles. The molecule has 0 bridgehead atoms. The number of benzene rings is 1. The van der Waals surface area contributed by atoms with Crippen molar-refractivity contribution in [3.63, 3.8) is 0 Å². The van der Waals surface area contributed by atoms with Crippen molar-refractivity contribution in [3.8, 4) is 0 Å². The molecule has 0 radical (unpaired) electrons. The van der Waals surface area contributed by atoms with E-state index in [0.29, 0.717) is 6.42 Å². The molecule has 2 rings (SSSR count). The van der Waals surface area contributed by atoms with Crippen LogP contribution in [0.2, 0.25) is 0 Å². The summed E-state index contributed by atoms with van der Waals surface area (Å²) in [5.74, 6) is 0.374. The van der Waals surface area contributed by atoms with E-state index >= 15 is 0 Å². The third-order valence-corrected chi connectivity index (χ3v) is 3.83. The SMILES string of the molecule is CSCCn1cc(CCCC(=O)O)c2ccccc21. The van der Waals surface area contributed by atoms with Crippen LogP contribution in [0.5, 0.6) is 0 Å². The summed E-state index contributed by atoms with van der Waals surface area (Å²) in [7, 11) is 0. The van der Waals surface area contributed by atoms with Gasteiger partial charge in [-0.1, -0.05) is 18.2 Å². The Morgan fingerprint density at radius 3 is 2.89 bits per heavy atom. The van der Waals surface area contributed by atoms with Gasteiger partial charge in [-0.3, -0.25) is 4.79 Å². The number of aromatic nitrogens is 1. The number of carbonyl (C=O) groups is 1. The largest absolute Gasteiger partial charge is 0.481 e. The molecule has 1 N–H and O–H groups in total. The minimum Gasteiger partial charge on any atom is -0.481 e. The predicted molar refractivity (Wildman–Crippen MR) is 80.9 cm³/mol. The van der Waals surface area contributed by atoms with Gasteiger partial charge in [-0.25, -0.2) is 0 Å². The normalized spacial score (nSPS) is 11.0. The fourth-order valence-corrected chi connectivity index (χ4v) is 2.71. The number of thioether (sulfide) groups is 1. The zero-order valence-corrected chi connectivity index (χ0v) is 11.9. The van der Waals surface area contributed by atoms with Crippen LogP contribution in [0, 0.1) is 0 Å². The quantitative estimate of drug-likeness (QED) is 0.843. The monoisotopic (exact) mass is 277 g/mol. The number of hydrogen-bond donors (Lipinski definition) is 1. The Hall–Kier alpha value is -1.42. The molecule has 0 unspecified atom stereocenters. The summed E-state index contributed by atoms with van der Waals surface area (Å²) in [6.07, 6.45) is 6.07. The van der Waals surface area contributed by atoms with Crippen molar-refractivity contribution in [1.29, 1.82) is 0 Å². The summed E-state index contributed by atoms with van der Waals surface area (Å²) in [6.45, 7) is 1.00. The second-order valence-corrected chi connectivity index (χ2v) is 5.59. The van der Waals surface area contributed by atoms with Gasteiger partial charge in [0.15, 0.2) is 0 Å². The van der Waals surface area contributed by atoms with Crippen LogP contribution in [-0.4, -0.2) is 27.7 Å². The van der Waals surface area contributed by atoms with Crippen LogP contribution in [0.15, 0.2) is 30.5 Å². The smallest absolute Gasteiger partial charge is 0.303 e. The number of nitrogens with zero attached hydrogens (tertiary/aromatic N) is 1. The van der Waals surface area contributed by atoms with E-state index in [1.807, 2.05) is 17.8 Å². The van der Waals surface area contributed by atoms with Gasteiger partial charge in [-0.15, -0.1) is 0 Å². The Kier molecular flexibility index (Phi) is 4.91. The van der Waals surface area contributed by atoms with E-state index in [2.05, 4.69) is 35.2 Å². The molecule has 19 heavy (non-hydrogen) atoms. The summed E-state index contributed by atoms with van der Waals surface area (Å²) < 4.78 is 2.28. The van der Waals surface area contributed by atoms with Crippen molar-refractivity contribution in [1.82, 2.24) is 4.57 Å². The number of aliphatic carboxylic acids is 1. The van der Waals surface area contributed by atoms with E-state index in [9.17, 15) is 4.79 Å². The summed E-state index contributed by atoms with van der Waals surface area (Å²) in [5.41, 5.74) is 2.51. The van der Waals surface area contributed by atoms with Gasteiger partial charge in [-0.2, -0.15) is 11.8 Å². The molecular weight excluding hydrogens is 258 g/mol. The number of carboxylic acid groups (broad SMARTS) is 1. The second kappa shape index (κ2) is 6.66. The van der Waals surface area contributed by atoms with Gasteiger partial charge < -0.3 is 9.67 Å². The fraction of sp³-hybridized carbons (Fsp3) is 0.400. The molecule has 0 aliphatic heterocycles. The lowest BCUT2D eigenvalue weighted by Crippen LogP contribution is -1.98. The van der Waals surface area contributed by atoms with Crippen molar-refractivity contribution in [2.75, 3.05) is 12.0 Å². The molecule has 1 aromatic heterocycles. The van der Waals surface area contributed by atoms with Gasteiger partial charge in [0.25, 0.3) is 0 Å². The molecule has 4 heteroatoms. The molecule has 2 aromatic rings. The minimum absolute atomic E-state index is 0.240. The molecule has 0 atom stereocenters. The minimum atomic E-state index is -0.717. The maximum atomic E-state index is 10.6. The number of carboxylic acids is 1. The molecule has 0 fully saturated rings. The van der Waals surface area contributed by atoms with Gasteiger partial charge >= 0.3 is 5.97 Å². The lowest BCUT2D eigenvalue weighted by molar-refractivity contribution is -0.137. The summed E-state index contributed by atoms with van der Waals surface area (Å²) in [5, 5.41) is 9.98. The first-order valence-electron chi connectivity index (χ1n) is 6.50. The van der Waals surface area contributed by atoms with Crippen molar-refractivity contribution in [2.45, 2.75) is 25.8 Å². The molecule has 0 spiro atoms. The van der Waals surface area contributed by atoms with Crippen LogP contribution < -0.4 is 0 Å². The van der Waals surface area contributed by atoms with Gasteiger partial charge in [-0.05, 0) is 30.7 Å². The molecule has 0 aliphatic rings. The van der Waals surface area contributed by atoms with Crippen molar-refractivity contribution >= 4 is 28.6 Å². The molecule has 1 aromatic carbocycles. The van der Waals surface area contributed by atoms with Crippen molar-refractivity contribution < 1.29 is 9.90 Å². The highest BCUT2D eigenvalue weighted by atomic mass is 32.2. The van der Waals surface area contributed by atoms with E-state index in [1.54, 1.807) is 0 Å².